The van der Waals surface area contributed by atoms with E-state index in [1.54, 1.807) is 6.33 Å². The fourth-order valence-electron chi connectivity index (χ4n) is 2.82. The number of fused-ring (bicyclic) bond motifs is 1. The smallest absolute Gasteiger partial charge is 0.224 e. The van der Waals surface area contributed by atoms with E-state index in [0.717, 1.165) is 36.0 Å². The van der Waals surface area contributed by atoms with Crippen molar-refractivity contribution in [1.29, 1.82) is 0 Å². The van der Waals surface area contributed by atoms with Gasteiger partial charge in [0.1, 0.15) is 5.52 Å². The fraction of sp³-hybridized carbons (Fsp3) is 0.429. The number of nitrogens with one attached hydrogen (secondary N) is 2. The van der Waals surface area contributed by atoms with Gasteiger partial charge in [-0.2, -0.15) is 0 Å². The molecule has 0 unspecified atom stereocenters. The van der Waals surface area contributed by atoms with Crippen molar-refractivity contribution >= 4 is 47.4 Å². The van der Waals surface area contributed by atoms with Crippen molar-refractivity contribution in [2.24, 2.45) is 11.7 Å². The molecule has 1 aliphatic carbocycles. The summed E-state index contributed by atoms with van der Waals surface area (Å²) in [6, 6.07) is 5.88. The van der Waals surface area contributed by atoms with Gasteiger partial charge in [-0.15, -0.1) is 24.8 Å². The topological polar surface area (TPSA) is 83.8 Å². The van der Waals surface area contributed by atoms with E-state index in [0.29, 0.717) is 12.3 Å². The Labute approximate surface area is 135 Å². The monoisotopic (exact) mass is 330 g/mol. The van der Waals surface area contributed by atoms with Crippen LogP contribution in [0.5, 0.6) is 0 Å². The first-order chi connectivity index (χ1) is 9.24. The number of hydrogen-bond acceptors (Lipinski definition) is 3. The fourth-order valence-corrected chi connectivity index (χ4v) is 2.82. The molecule has 1 amide bonds. The number of benzene rings is 1. The van der Waals surface area contributed by atoms with Crippen molar-refractivity contribution in [2.45, 2.75) is 31.7 Å². The van der Waals surface area contributed by atoms with E-state index in [2.05, 4.69) is 15.3 Å². The van der Waals surface area contributed by atoms with Crippen LogP contribution in [0.15, 0.2) is 24.5 Å². The van der Waals surface area contributed by atoms with E-state index in [1.165, 1.54) is 0 Å². The zero-order chi connectivity index (χ0) is 13.2. The van der Waals surface area contributed by atoms with Gasteiger partial charge in [-0.1, -0.05) is 12.5 Å². The quantitative estimate of drug-likeness (QED) is 0.809. The number of amides is 1. The van der Waals surface area contributed by atoms with Crippen LogP contribution >= 0.6 is 24.8 Å². The maximum Gasteiger partial charge on any atom is 0.224 e. The van der Waals surface area contributed by atoms with Gasteiger partial charge in [0.25, 0.3) is 0 Å². The summed E-state index contributed by atoms with van der Waals surface area (Å²) >= 11 is 0. The van der Waals surface area contributed by atoms with Gasteiger partial charge in [-0.25, -0.2) is 4.98 Å². The molecule has 21 heavy (non-hydrogen) atoms. The second-order valence-electron chi connectivity index (χ2n) is 5.21. The molecule has 0 bridgehead atoms. The zero-order valence-electron chi connectivity index (χ0n) is 11.5. The highest BCUT2D eigenvalue weighted by molar-refractivity contribution is 5.99. The van der Waals surface area contributed by atoms with E-state index in [4.69, 9.17) is 5.73 Å². The highest BCUT2D eigenvalue weighted by Gasteiger charge is 2.26. The molecule has 5 nitrogen and oxygen atoms in total. The Morgan fingerprint density at radius 1 is 1.38 bits per heavy atom. The second-order valence-corrected chi connectivity index (χ2v) is 5.21. The van der Waals surface area contributed by atoms with Gasteiger partial charge in [0.05, 0.1) is 17.5 Å². The Morgan fingerprint density at radius 3 is 2.90 bits per heavy atom. The summed E-state index contributed by atoms with van der Waals surface area (Å²) in [5.74, 6) is 0.344. The molecular weight excluding hydrogens is 311 g/mol. The third-order valence-electron chi connectivity index (χ3n) is 3.89. The number of carbonyl (C=O) groups excluding carboxylic acids is 1. The number of imidazole rings is 1. The zero-order valence-corrected chi connectivity index (χ0v) is 13.2. The first-order valence-electron chi connectivity index (χ1n) is 6.71. The van der Waals surface area contributed by atoms with Gasteiger partial charge < -0.3 is 16.0 Å². The number of anilines is 1. The van der Waals surface area contributed by atoms with E-state index in [1.807, 2.05) is 18.2 Å². The first kappa shape index (κ1) is 17.8. The molecule has 2 atom stereocenters. The summed E-state index contributed by atoms with van der Waals surface area (Å²) in [6.07, 6.45) is 5.36. The lowest BCUT2D eigenvalue weighted by Crippen LogP contribution is -2.28. The number of hydrogen-bond donors (Lipinski definition) is 3. The van der Waals surface area contributed by atoms with Crippen LogP contribution in [0.1, 0.15) is 25.7 Å². The third kappa shape index (κ3) is 3.87. The highest BCUT2D eigenvalue weighted by atomic mass is 35.5. The van der Waals surface area contributed by atoms with Gasteiger partial charge in [0, 0.05) is 12.5 Å². The van der Waals surface area contributed by atoms with Gasteiger partial charge in [-0.3, -0.25) is 4.79 Å². The Morgan fingerprint density at radius 2 is 2.19 bits per heavy atom. The lowest BCUT2D eigenvalue weighted by molar-refractivity contribution is -0.117. The number of rotatable bonds is 3. The molecule has 1 saturated carbocycles. The van der Waals surface area contributed by atoms with Crippen molar-refractivity contribution in [3.63, 3.8) is 0 Å². The SMILES string of the molecule is Cl.Cl.N[C@@H]1CCC[C@H]1CC(=O)Nc1cccc2[nH]cnc12. The van der Waals surface area contributed by atoms with Crippen LogP contribution < -0.4 is 11.1 Å². The molecule has 3 rings (SSSR count). The average molecular weight is 331 g/mol. The molecule has 0 saturated heterocycles. The van der Waals surface area contributed by atoms with Gasteiger partial charge >= 0.3 is 0 Å². The van der Waals surface area contributed by atoms with Crippen LogP contribution in [-0.2, 0) is 4.79 Å². The van der Waals surface area contributed by atoms with Crippen LogP contribution in [0.3, 0.4) is 0 Å². The minimum absolute atomic E-state index is 0. The number of H-pyrrole nitrogens is 1. The van der Waals surface area contributed by atoms with Crippen LogP contribution in [0.25, 0.3) is 11.0 Å². The Kier molecular flexibility index (Phi) is 6.45. The van der Waals surface area contributed by atoms with Crippen LogP contribution in [0.2, 0.25) is 0 Å². The van der Waals surface area contributed by atoms with Crippen LogP contribution in [0.4, 0.5) is 5.69 Å². The summed E-state index contributed by atoms with van der Waals surface area (Å²) in [4.78, 5) is 19.3. The standard InChI is InChI=1S/C14H18N4O.2ClH/c15-10-4-1-3-9(10)7-13(19)18-12-6-2-5-11-14(12)17-8-16-11;;/h2,5-6,8-10H,1,3-4,7,15H2,(H,16,17)(H,18,19);2*1H/t9-,10+;;/m0../s1. The first-order valence-corrected chi connectivity index (χ1v) is 6.71. The van der Waals surface area contributed by atoms with Crippen molar-refractivity contribution in [3.05, 3.63) is 24.5 Å². The summed E-state index contributed by atoms with van der Waals surface area (Å²) in [6.45, 7) is 0. The maximum absolute atomic E-state index is 12.1. The number of nitrogens with zero attached hydrogens (tertiary/aromatic N) is 1. The second kappa shape index (κ2) is 7.64. The summed E-state index contributed by atoms with van der Waals surface area (Å²) in [7, 11) is 0. The summed E-state index contributed by atoms with van der Waals surface area (Å²) in [5, 5.41) is 2.94. The molecular formula is C14H20Cl2N4O. The Bertz CT molecular complexity index is 601. The molecule has 0 spiro atoms. The van der Waals surface area contributed by atoms with Crippen LogP contribution in [-0.4, -0.2) is 21.9 Å². The summed E-state index contributed by atoms with van der Waals surface area (Å²) < 4.78 is 0. The molecule has 116 valence electrons. The van der Waals surface area contributed by atoms with E-state index in [9.17, 15) is 4.79 Å². The number of para-hydroxylation sites is 1. The average Bonchev–Trinajstić information content (AvgIpc) is 3.00. The summed E-state index contributed by atoms with van der Waals surface area (Å²) in [5.41, 5.74) is 8.48. The van der Waals surface area contributed by atoms with Gasteiger partial charge in [-0.05, 0) is 30.9 Å². The lowest BCUT2D eigenvalue weighted by atomic mass is 10.00. The Balaban J connectivity index is 0.00000110. The van der Waals surface area contributed by atoms with Crippen molar-refractivity contribution < 1.29 is 4.79 Å². The van der Waals surface area contributed by atoms with Gasteiger partial charge in [0.2, 0.25) is 5.91 Å². The molecule has 7 heteroatoms. The largest absolute Gasteiger partial charge is 0.345 e. The number of carbonyl (C=O) groups is 1. The molecule has 1 heterocycles. The third-order valence-corrected chi connectivity index (χ3v) is 3.89. The normalized spacial score (nSPS) is 20.6. The highest BCUT2D eigenvalue weighted by Crippen LogP contribution is 2.27. The van der Waals surface area contributed by atoms with E-state index in [-0.39, 0.29) is 36.8 Å². The van der Waals surface area contributed by atoms with E-state index < -0.39 is 0 Å². The molecule has 0 radical (unpaired) electrons. The lowest BCUT2D eigenvalue weighted by Gasteiger charge is -2.14. The van der Waals surface area contributed by atoms with E-state index >= 15 is 0 Å². The number of aromatic nitrogens is 2. The minimum atomic E-state index is 0. The molecule has 1 aromatic heterocycles. The molecule has 1 aliphatic rings. The molecule has 2 aromatic rings. The van der Waals surface area contributed by atoms with Crippen LogP contribution in [0, 0.1) is 5.92 Å². The predicted octanol–water partition coefficient (Wildman–Crippen LogP) is 2.86. The minimum Gasteiger partial charge on any atom is -0.345 e. The maximum atomic E-state index is 12.1. The van der Waals surface area contributed by atoms with Crippen molar-refractivity contribution in [3.8, 4) is 0 Å². The number of aromatic amines is 1. The van der Waals surface area contributed by atoms with Gasteiger partial charge in [0.15, 0.2) is 0 Å². The Hall–Kier alpha value is -1.30. The molecule has 0 aliphatic heterocycles. The van der Waals surface area contributed by atoms with Crippen molar-refractivity contribution in [2.75, 3.05) is 5.32 Å². The number of nitrogens with two attached hydrogens (primary N) is 1. The predicted molar refractivity (Wildman–Crippen MR) is 89.2 cm³/mol. The molecule has 4 N–H and O–H groups in total. The number of halogens is 2. The molecule has 1 aromatic carbocycles. The molecule has 1 fully saturated rings. The van der Waals surface area contributed by atoms with Crippen molar-refractivity contribution in [1.82, 2.24) is 9.97 Å².